The summed E-state index contributed by atoms with van der Waals surface area (Å²) in [6, 6.07) is 0. The Morgan fingerprint density at radius 2 is 0.500 bits per heavy atom. The van der Waals surface area contributed by atoms with Gasteiger partial charge in [-0.25, -0.2) is 4.67 Å². The minimum Gasteiger partial charge on any atom is -0.273 e. The van der Waals surface area contributed by atoms with E-state index >= 15 is 0 Å². The summed E-state index contributed by atoms with van der Waals surface area (Å²) in [5, 5.41) is 0. The molecule has 0 spiro atoms. The van der Waals surface area contributed by atoms with Gasteiger partial charge in [-0.15, -0.1) is 17.0 Å². The number of unbranched alkanes of at least 4 members (excludes halogenated alkanes) is 30. The normalized spacial score (nSPS) is 11.5. The standard InChI is InChI=1S/C36H75NOP.BrH/c1-3-5-7-9-11-13-15-17-19-21-23-25-27-29-31-33-35-37(39-38)36-34-32-30-28-26-24-22-20-18-16-14-12-10-8-6-4-2;/h39H,3-36H2,1-2H3;1H. The molecule has 0 aliphatic heterocycles. The van der Waals surface area contributed by atoms with Crippen LogP contribution in [0.1, 0.15) is 219 Å². The van der Waals surface area contributed by atoms with Crippen LogP contribution in [0.5, 0.6) is 0 Å². The molecular weight excluding hydrogens is 573 g/mol. The van der Waals surface area contributed by atoms with Crippen LogP contribution in [0.4, 0.5) is 0 Å². The molecule has 1 unspecified atom stereocenters. The third-order valence-electron chi connectivity index (χ3n) is 8.69. The molecule has 0 aliphatic rings. The van der Waals surface area contributed by atoms with Crippen molar-refractivity contribution in [2.24, 2.45) is 0 Å². The molecule has 0 saturated carbocycles. The second-order valence-electron chi connectivity index (χ2n) is 12.7. The van der Waals surface area contributed by atoms with E-state index in [2.05, 4.69) is 18.5 Å². The van der Waals surface area contributed by atoms with E-state index in [1.165, 1.54) is 205 Å². The molecule has 0 bridgehead atoms. The van der Waals surface area contributed by atoms with Crippen molar-refractivity contribution in [2.45, 2.75) is 219 Å². The first-order chi connectivity index (χ1) is 19.3. The molecule has 0 fully saturated rings. The number of halogens is 1. The van der Waals surface area contributed by atoms with Crippen LogP contribution >= 0.6 is 25.6 Å². The molecule has 2 nitrogen and oxygen atoms in total. The van der Waals surface area contributed by atoms with Gasteiger partial charge in [0.05, 0.1) is 0 Å². The summed E-state index contributed by atoms with van der Waals surface area (Å²) < 4.78 is 13.8. The quantitative estimate of drug-likeness (QED) is 0.0503. The van der Waals surface area contributed by atoms with Crippen LogP contribution in [0.2, 0.25) is 0 Å². The summed E-state index contributed by atoms with van der Waals surface area (Å²) >= 11 is 0. The van der Waals surface area contributed by atoms with Crippen LogP contribution < -0.4 is 0 Å². The van der Waals surface area contributed by atoms with Crippen LogP contribution in [0, 0.1) is 0 Å². The second kappa shape index (κ2) is 39.5. The Kier molecular flexibility index (Phi) is 42.2. The molecule has 1 atom stereocenters. The lowest BCUT2D eigenvalue weighted by molar-refractivity contribution is 0.401. The zero-order chi connectivity index (χ0) is 28.3. The number of nitrogens with zero attached hydrogens (tertiary/aromatic N) is 1. The molecule has 243 valence electrons. The smallest absolute Gasteiger partial charge is 0.134 e. The minimum atomic E-state index is -0.246. The molecular formula is C36H76BrNOP. The fraction of sp³-hybridized carbons (Fsp3) is 1.00. The first-order valence-corrected chi connectivity index (χ1v) is 19.3. The van der Waals surface area contributed by atoms with Crippen molar-refractivity contribution in [2.75, 3.05) is 13.1 Å². The Hall–Kier alpha value is 0.540. The van der Waals surface area contributed by atoms with E-state index in [1.54, 1.807) is 0 Å². The average Bonchev–Trinajstić information content (AvgIpc) is 2.95. The van der Waals surface area contributed by atoms with Crippen LogP contribution in [-0.2, 0) is 4.57 Å². The van der Waals surface area contributed by atoms with Crippen molar-refractivity contribution < 1.29 is 4.57 Å². The summed E-state index contributed by atoms with van der Waals surface area (Å²) in [5.74, 6) is 0. The summed E-state index contributed by atoms with van der Waals surface area (Å²) in [7, 11) is -0.246. The lowest BCUT2D eigenvalue weighted by Gasteiger charge is -2.14. The van der Waals surface area contributed by atoms with E-state index < -0.39 is 0 Å². The lowest BCUT2D eigenvalue weighted by Crippen LogP contribution is -2.15. The Bertz CT molecular complexity index is 415. The van der Waals surface area contributed by atoms with Crippen LogP contribution in [0.3, 0.4) is 0 Å². The van der Waals surface area contributed by atoms with E-state index in [1.807, 2.05) is 0 Å². The summed E-state index contributed by atoms with van der Waals surface area (Å²) in [4.78, 5) is 0. The molecule has 0 aliphatic carbocycles. The monoisotopic (exact) mass is 648 g/mol. The van der Waals surface area contributed by atoms with Gasteiger partial charge >= 0.3 is 0 Å². The zero-order valence-corrected chi connectivity index (χ0v) is 30.5. The van der Waals surface area contributed by atoms with Gasteiger partial charge in [0.25, 0.3) is 0 Å². The van der Waals surface area contributed by atoms with Gasteiger partial charge in [0.15, 0.2) is 0 Å². The van der Waals surface area contributed by atoms with Gasteiger partial charge in [-0.2, -0.15) is 0 Å². The first-order valence-electron chi connectivity index (χ1n) is 18.5. The zero-order valence-electron chi connectivity index (χ0n) is 27.8. The fourth-order valence-corrected chi connectivity index (χ4v) is 6.40. The largest absolute Gasteiger partial charge is 0.273 e. The highest BCUT2D eigenvalue weighted by atomic mass is 79.9. The summed E-state index contributed by atoms with van der Waals surface area (Å²) in [6.07, 6.45) is 45.2. The Morgan fingerprint density at radius 3 is 0.675 bits per heavy atom. The van der Waals surface area contributed by atoms with E-state index in [0.29, 0.717) is 0 Å². The van der Waals surface area contributed by atoms with Crippen LogP contribution in [-0.4, -0.2) is 17.8 Å². The van der Waals surface area contributed by atoms with Crippen molar-refractivity contribution in [3.8, 4) is 0 Å². The molecule has 0 heterocycles. The van der Waals surface area contributed by atoms with Gasteiger partial charge in [-0.3, -0.25) is 4.57 Å². The van der Waals surface area contributed by atoms with Crippen LogP contribution in [0.25, 0.3) is 0 Å². The van der Waals surface area contributed by atoms with Crippen molar-refractivity contribution in [3.63, 3.8) is 0 Å². The number of hydrogen-bond acceptors (Lipinski definition) is 1. The minimum absolute atomic E-state index is 0. The van der Waals surface area contributed by atoms with Crippen molar-refractivity contribution in [1.29, 1.82) is 0 Å². The van der Waals surface area contributed by atoms with Gasteiger partial charge in [-0.05, 0) is 12.8 Å². The SMILES string of the molecule is Br.CCCCCCCCCCCCCCCCCCN(CCCCCCCCCCCCCCCCCC)[PH]=O. The predicted molar refractivity (Wildman–Crippen MR) is 190 cm³/mol. The maximum absolute atomic E-state index is 11.6. The summed E-state index contributed by atoms with van der Waals surface area (Å²) in [6.45, 7) is 6.68. The third kappa shape index (κ3) is 36.6. The van der Waals surface area contributed by atoms with Gasteiger partial charge in [0.1, 0.15) is 8.61 Å². The Balaban J connectivity index is 0. The topological polar surface area (TPSA) is 20.3 Å². The van der Waals surface area contributed by atoms with Gasteiger partial charge in [0, 0.05) is 13.1 Å². The molecule has 0 aromatic heterocycles. The lowest BCUT2D eigenvalue weighted by atomic mass is 10.0. The first kappa shape index (κ1) is 42.7. The molecule has 0 aromatic carbocycles. The molecule has 0 N–H and O–H groups in total. The number of hydrogen-bond donors (Lipinski definition) is 0. The molecule has 1 radical (unpaired) electrons. The highest BCUT2D eigenvalue weighted by Crippen LogP contribution is 2.17. The summed E-state index contributed by atoms with van der Waals surface area (Å²) in [5.41, 5.74) is 0. The maximum atomic E-state index is 11.6. The van der Waals surface area contributed by atoms with Gasteiger partial charge in [-0.1, -0.05) is 206 Å². The highest BCUT2D eigenvalue weighted by molar-refractivity contribution is 8.93. The molecule has 0 amide bonds. The molecule has 0 saturated heterocycles. The fourth-order valence-electron chi connectivity index (χ4n) is 5.90. The second-order valence-corrected chi connectivity index (χ2v) is 13.5. The number of rotatable bonds is 35. The molecule has 0 aromatic rings. The molecule has 40 heavy (non-hydrogen) atoms. The Morgan fingerprint density at radius 1 is 0.325 bits per heavy atom. The van der Waals surface area contributed by atoms with Crippen molar-refractivity contribution >= 4 is 25.6 Å². The average molecular weight is 650 g/mol. The Labute approximate surface area is 266 Å². The van der Waals surface area contributed by atoms with Crippen LogP contribution in [0.15, 0.2) is 0 Å². The van der Waals surface area contributed by atoms with E-state index in [9.17, 15) is 4.57 Å². The van der Waals surface area contributed by atoms with Crippen molar-refractivity contribution in [3.05, 3.63) is 0 Å². The van der Waals surface area contributed by atoms with E-state index in [0.717, 1.165) is 13.1 Å². The van der Waals surface area contributed by atoms with Gasteiger partial charge < -0.3 is 0 Å². The highest BCUT2D eigenvalue weighted by Gasteiger charge is 2.03. The predicted octanol–water partition coefficient (Wildman–Crippen LogP) is 14.3. The maximum Gasteiger partial charge on any atom is 0.134 e. The van der Waals surface area contributed by atoms with Gasteiger partial charge in [0.2, 0.25) is 0 Å². The van der Waals surface area contributed by atoms with E-state index in [-0.39, 0.29) is 25.6 Å². The molecule has 0 rings (SSSR count). The van der Waals surface area contributed by atoms with E-state index in [4.69, 9.17) is 0 Å². The molecule has 4 heteroatoms. The van der Waals surface area contributed by atoms with Crippen molar-refractivity contribution in [1.82, 2.24) is 4.67 Å². The third-order valence-corrected chi connectivity index (χ3v) is 9.40.